The summed E-state index contributed by atoms with van der Waals surface area (Å²) in [6.07, 6.45) is 4.78. The molecule has 7 heteroatoms. The maximum atomic E-state index is 13.0. The Morgan fingerprint density at radius 2 is 1.70 bits per heavy atom. The number of hydrogen-bond acceptors (Lipinski definition) is 5. The first-order valence-electron chi connectivity index (χ1n) is 8.16. The maximum absolute atomic E-state index is 13.0. The third-order valence-electron chi connectivity index (χ3n) is 4.11. The van der Waals surface area contributed by atoms with Gasteiger partial charge in [-0.1, -0.05) is 0 Å². The lowest BCUT2D eigenvalue weighted by atomic mass is 10.2. The van der Waals surface area contributed by atoms with Gasteiger partial charge in [0.25, 0.3) is 10.0 Å². The van der Waals surface area contributed by atoms with Crippen molar-refractivity contribution in [3.8, 4) is 17.2 Å². The molecule has 0 amide bonds. The Bertz CT molecular complexity index is 1180. The van der Waals surface area contributed by atoms with Crippen LogP contribution in [0.2, 0.25) is 0 Å². The average Bonchev–Trinajstić information content (AvgIpc) is 3.13. The highest BCUT2D eigenvalue weighted by Gasteiger charge is 2.19. The molecule has 4 aromatic rings. The summed E-state index contributed by atoms with van der Waals surface area (Å²) in [5.74, 6) is 1.79. The topological polar surface area (TPSA) is 70.4 Å². The van der Waals surface area contributed by atoms with Crippen molar-refractivity contribution >= 4 is 20.9 Å². The van der Waals surface area contributed by atoms with Gasteiger partial charge in [0.15, 0.2) is 0 Å². The molecule has 0 aliphatic carbocycles. The molecule has 0 saturated carbocycles. The van der Waals surface area contributed by atoms with Crippen LogP contribution in [0.5, 0.6) is 17.2 Å². The molecule has 0 aliphatic rings. The van der Waals surface area contributed by atoms with Crippen LogP contribution in [0.3, 0.4) is 0 Å². The Hall–Kier alpha value is -3.32. The molecule has 2 heterocycles. The zero-order valence-corrected chi connectivity index (χ0v) is 15.3. The second-order valence-corrected chi connectivity index (χ2v) is 7.62. The van der Waals surface area contributed by atoms with Crippen molar-refractivity contribution in [2.45, 2.75) is 4.90 Å². The lowest BCUT2D eigenvalue weighted by Gasteiger charge is -2.09. The van der Waals surface area contributed by atoms with E-state index in [0.29, 0.717) is 22.8 Å². The molecule has 0 N–H and O–H groups in total. The van der Waals surface area contributed by atoms with E-state index in [4.69, 9.17) is 9.47 Å². The minimum absolute atomic E-state index is 0.175. The summed E-state index contributed by atoms with van der Waals surface area (Å²) in [6.45, 7) is 0. The van der Waals surface area contributed by atoms with Gasteiger partial charge in [-0.25, -0.2) is 12.4 Å². The Kier molecular flexibility index (Phi) is 4.29. The van der Waals surface area contributed by atoms with E-state index in [1.807, 2.05) is 0 Å². The standard InChI is InChI=1S/C20H16N2O4S/c1-25-17-6-9-20-15(13-17)10-12-22(20)27(23,24)19-7-4-16(5-8-19)26-18-3-2-11-21-14-18/h2-14H,1H3. The van der Waals surface area contributed by atoms with Crippen LogP contribution in [0.4, 0.5) is 0 Å². The molecule has 27 heavy (non-hydrogen) atoms. The Morgan fingerprint density at radius 3 is 2.41 bits per heavy atom. The summed E-state index contributed by atoms with van der Waals surface area (Å²) in [4.78, 5) is 4.15. The van der Waals surface area contributed by atoms with E-state index in [1.165, 1.54) is 16.1 Å². The number of benzene rings is 2. The first kappa shape index (κ1) is 17.1. The first-order chi connectivity index (χ1) is 13.1. The summed E-state index contributed by atoms with van der Waals surface area (Å²) in [6, 6.07) is 16.8. The van der Waals surface area contributed by atoms with Crippen LogP contribution < -0.4 is 9.47 Å². The number of pyridine rings is 1. The van der Waals surface area contributed by atoms with E-state index in [9.17, 15) is 8.42 Å². The van der Waals surface area contributed by atoms with Crippen molar-refractivity contribution in [2.75, 3.05) is 7.11 Å². The molecule has 136 valence electrons. The smallest absolute Gasteiger partial charge is 0.268 e. The second-order valence-electron chi connectivity index (χ2n) is 5.80. The summed E-state index contributed by atoms with van der Waals surface area (Å²) in [5, 5.41) is 0.787. The molecule has 4 rings (SSSR count). The van der Waals surface area contributed by atoms with Crippen molar-refractivity contribution in [1.82, 2.24) is 8.96 Å². The number of ether oxygens (including phenoxy) is 2. The maximum Gasteiger partial charge on any atom is 0.268 e. The summed E-state index contributed by atoms with van der Waals surface area (Å²) < 4.78 is 38.1. The fraction of sp³-hybridized carbons (Fsp3) is 0.0500. The zero-order chi connectivity index (χ0) is 18.9. The van der Waals surface area contributed by atoms with Gasteiger partial charge in [0.2, 0.25) is 0 Å². The normalized spacial score (nSPS) is 11.4. The largest absolute Gasteiger partial charge is 0.497 e. The number of nitrogens with zero attached hydrogens (tertiary/aromatic N) is 2. The Balaban J connectivity index is 1.66. The van der Waals surface area contributed by atoms with Crippen LogP contribution in [0.25, 0.3) is 10.9 Å². The van der Waals surface area contributed by atoms with Crippen LogP contribution in [-0.2, 0) is 10.0 Å². The molecule has 0 fully saturated rings. The average molecular weight is 380 g/mol. The van der Waals surface area contributed by atoms with Crippen LogP contribution in [0.1, 0.15) is 0 Å². The fourth-order valence-corrected chi connectivity index (χ4v) is 4.12. The van der Waals surface area contributed by atoms with E-state index < -0.39 is 10.0 Å². The highest BCUT2D eigenvalue weighted by molar-refractivity contribution is 7.90. The fourth-order valence-electron chi connectivity index (χ4n) is 2.77. The van der Waals surface area contributed by atoms with Gasteiger partial charge in [0.1, 0.15) is 17.2 Å². The third kappa shape index (κ3) is 3.24. The quantitative estimate of drug-likeness (QED) is 0.522. The predicted molar refractivity (Wildman–Crippen MR) is 102 cm³/mol. The van der Waals surface area contributed by atoms with Crippen LogP contribution in [0.15, 0.2) is 84.1 Å². The van der Waals surface area contributed by atoms with E-state index in [1.54, 1.807) is 74.2 Å². The number of rotatable bonds is 5. The lowest BCUT2D eigenvalue weighted by Crippen LogP contribution is -2.11. The molecule has 6 nitrogen and oxygen atoms in total. The minimum atomic E-state index is -3.72. The summed E-state index contributed by atoms with van der Waals surface area (Å²) in [7, 11) is -2.15. The summed E-state index contributed by atoms with van der Waals surface area (Å²) in [5.41, 5.74) is 0.589. The number of fused-ring (bicyclic) bond motifs is 1. The number of hydrogen-bond donors (Lipinski definition) is 0. The molecule has 0 saturated heterocycles. The molecular formula is C20H16N2O4S. The van der Waals surface area contributed by atoms with Gasteiger partial charge < -0.3 is 9.47 Å². The van der Waals surface area contributed by atoms with Crippen molar-refractivity contribution in [1.29, 1.82) is 0 Å². The molecular weight excluding hydrogens is 364 g/mol. The van der Waals surface area contributed by atoms with Gasteiger partial charge in [-0.15, -0.1) is 0 Å². The highest BCUT2D eigenvalue weighted by Crippen LogP contribution is 2.27. The minimum Gasteiger partial charge on any atom is -0.497 e. The van der Waals surface area contributed by atoms with Crippen LogP contribution in [-0.4, -0.2) is 24.5 Å². The van der Waals surface area contributed by atoms with Crippen molar-refractivity contribution < 1.29 is 17.9 Å². The summed E-state index contributed by atoms with van der Waals surface area (Å²) >= 11 is 0. The number of aromatic nitrogens is 2. The Labute approximate surface area is 156 Å². The van der Waals surface area contributed by atoms with Gasteiger partial charge in [0, 0.05) is 17.8 Å². The third-order valence-corrected chi connectivity index (χ3v) is 5.82. The van der Waals surface area contributed by atoms with Gasteiger partial charge in [-0.3, -0.25) is 4.98 Å². The molecule has 0 radical (unpaired) electrons. The Morgan fingerprint density at radius 1 is 0.926 bits per heavy atom. The molecule has 2 aromatic carbocycles. The van der Waals surface area contributed by atoms with Gasteiger partial charge in [-0.05, 0) is 60.7 Å². The van der Waals surface area contributed by atoms with Crippen molar-refractivity contribution in [3.63, 3.8) is 0 Å². The van der Waals surface area contributed by atoms with Crippen molar-refractivity contribution in [3.05, 3.63) is 79.3 Å². The molecule has 0 atom stereocenters. The van der Waals surface area contributed by atoms with E-state index in [2.05, 4.69) is 4.98 Å². The number of methoxy groups -OCH3 is 1. The SMILES string of the molecule is COc1ccc2c(ccn2S(=O)(=O)c2ccc(Oc3cccnc3)cc2)c1. The van der Waals surface area contributed by atoms with Crippen LogP contribution in [0, 0.1) is 0 Å². The van der Waals surface area contributed by atoms with Crippen LogP contribution >= 0.6 is 0 Å². The lowest BCUT2D eigenvalue weighted by molar-refractivity contribution is 0.415. The molecule has 2 aromatic heterocycles. The van der Waals surface area contributed by atoms with Gasteiger partial charge in [-0.2, -0.15) is 0 Å². The highest BCUT2D eigenvalue weighted by atomic mass is 32.2. The molecule has 0 aliphatic heterocycles. The second kappa shape index (κ2) is 6.77. The zero-order valence-electron chi connectivity index (χ0n) is 14.4. The van der Waals surface area contributed by atoms with E-state index in [-0.39, 0.29) is 4.90 Å². The van der Waals surface area contributed by atoms with Gasteiger partial charge >= 0.3 is 0 Å². The molecule has 0 spiro atoms. The van der Waals surface area contributed by atoms with E-state index >= 15 is 0 Å². The molecule has 0 unspecified atom stereocenters. The first-order valence-corrected chi connectivity index (χ1v) is 9.60. The van der Waals surface area contributed by atoms with Crippen molar-refractivity contribution in [2.24, 2.45) is 0 Å². The van der Waals surface area contributed by atoms with Gasteiger partial charge in [0.05, 0.1) is 23.7 Å². The van der Waals surface area contributed by atoms with E-state index in [0.717, 1.165) is 5.39 Å². The predicted octanol–water partition coefficient (Wildman–Crippen LogP) is 4.07. The molecule has 0 bridgehead atoms. The monoisotopic (exact) mass is 380 g/mol.